The molecule has 0 spiro atoms. The third-order valence-corrected chi connectivity index (χ3v) is 3.20. The zero-order chi connectivity index (χ0) is 13.3. The highest BCUT2D eigenvalue weighted by molar-refractivity contribution is 5.76. The average molecular weight is 244 g/mol. The van der Waals surface area contributed by atoms with E-state index in [4.69, 9.17) is 10.8 Å². The molecule has 1 unspecified atom stereocenters. The van der Waals surface area contributed by atoms with Crippen LogP contribution in [0.3, 0.4) is 0 Å². The summed E-state index contributed by atoms with van der Waals surface area (Å²) in [6.45, 7) is 7.25. The summed E-state index contributed by atoms with van der Waals surface area (Å²) in [5.74, 6) is 0.691. The van der Waals surface area contributed by atoms with Gasteiger partial charge in [-0.05, 0) is 39.2 Å². The van der Waals surface area contributed by atoms with E-state index in [1.54, 1.807) is 4.90 Å². The van der Waals surface area contributed by atoms with E-state index in [2.05, 4.69) is 6.92 Å². The van der Waals surface area contributed by atoms with Crippen LogP contribution in [-0.2, 0) is 4.79 Å². The van der Waals surface area contributed by atoms with Crippen molar-refractivity contribution >= 4 is 5.91 Å². The Hall–Kier alpha value is -0.610. The summed E-state index contributed by atoms with van der Waals surface area (Å²) >= 11 is 0. The molecule has 0 aliphatic rings. The van der Waals surface area contributed by atoms with Crippen molar-refractivity contribution in [2.24, 2.45) is 11.7 Å². The largest absolute Gasteiger partial charge is 0.395 e. The predicted octanol–water partition coefficient (Wildman–Crippen LogP) is 1.37. The Labute approximate surface area is 105 Å². The van der Waals surface area contributed by atoms with Gasteiger partial charge in [0, 0.05) is 19.0 Å². The summed E-state index contributed by atoms with van der Waals surface area (Å²) in [5.41, 5.74) is 5.54. The number of aliphatic hydroxyl groups is 1. The van der Waals surface area contributed by atoms with E-state index >= 15 is 0 Å². The lowest BCUT2D eigenvalue weighted by Crippen LogP contribution is -2.39. The van der Waals surface area contributed by atoms with Crippen molar-refractivity contribution < 1.29 is 9.90 Å². The molecule has 0 aromatic rings. The number of aliphatic hydroxyl groups excluding tert-OH is 1. The van der Waals surface area contributed by atoms with Crippen LogP contribution in [0.5, 0.6) is 0 Å². The molecule has 0 aromatic heterocycles. The minimum atomic E-state index is 0.0317. The van der Waals surface area contributed by atoms with Gasteiger partial charge in [-0.3, -0.25) is 4.79 Å². The molecule has 0 radical (unpaired) electrons. The second kappa shape index (κ2) is 9.42. The molecule has 4 nitrogen and oxygen atoms in total. The van der Waals surface area contributed by atoms with E-state index in [0.717, 1.165) is 19.3 Å². The second-order valence-electron chi connectivity index (χ2n) is 4.79. The Bertz CT molecular complexity index is 208. The molecule has 1 amide bonds. The van der Waals surface area contributed by atoms with Crippen molar-refractivity contribution in [1.82, 2.24) is 4.90 Å². The Morgan fingerprint density at radius 1 is 1.35 bits per heavy atom. The summed E-state index contributed by atoms with van der Waals surface area (Å²) < 4.78 is 0. The van der Waals surface area contributed by atoms with E-state index in [9.17, 15) is 4.79 Å². The van der Waals surface area contributed by atoms with Crippen LogP contribution in [-0.4, -0.2) is 41.7 Å². The maximum Gasteiger partial charge on any atom is 0.222 e. The summed E-state index contributed by atoms with van der Waals surface area (Å²) in [5, 5.41) is 8.93. The van der Waals surface area contributed by atoms with Gasteiger partial charge < -0.3 is 15.7 Å². The molecule has 1 atom stereocenters. The highest BCUT2D eigenvalue weighted by Gasteiger charge is 2.17. The van der Waals surface area contributed by atoms with Gasteiger partial charge in [0.2, 0.25) is 5.91 Å². The van der Waals surface area contributed by atoms with Gasteiger partial charge in [0.15, 0.2) is 0 Å². The minimum Gasteiger partial charge on any atom is -0.395 e. The third kappa shape index (κ3) is 6.64. The highest BCUT2D eigenvalue weighted by atomic mass is 16.3. The molecule has 0 aromatic carbocycles. The van der Waals surface area contributed by atoms with Crippen molar-refractivity contribution in [3.63, 3.8) is 0 Å². The molecule has 0 rings (SSSR count). The lowest BCUT2D eigenvalue weighted by Gasteiger charge is -2.26. The lowest BCUT2D eigenvalue weighted by atomic mass is 9.96. The smallest absolute Gasteiger partial charge is 0.222 e. The van der Waals surface area contributed by atoms with Crippen molar-refractivity contribution in [3.8, 4) is 0 Å². The maximum absolute atomic E-state index is 12.0. The van der Waals surface area contributed by atoms with E-state index in [1.807, 2.05) is 13.8 Å². The number of amides is 1. The molecule has 17 heavy (non-hydrogen) atoms. The van der Waals surface area contributed by atoms with E-state index in [0.29, 0.717) is 25.4 Å². The fourth-order valence-corrected chi connectivity index (χ4v) is 2.04. The summed E-state index contributed by atoms with van der Waals surface area (Å²) in [7, 11) is 0. The number of hydrogen-bond acceptors (Lipinski definition) is 3. The number of rotatable bonds is 9. The molecule has 102 valence electrons. The van der Waals surface area contributed by atoms with Crippen LogP contribution >= 0.6 is 0 Å². The molecule has 0 aliphatic carbocycles. The summed E-state index contributed by atoms with van der Waals surface area (Å²) in [6.07, 6.45) is 3.54. The standard InChI is InChI=1S/C13H28N2O2/c1-4-12(7-8-14)5-6-13(17)15(9-10-16)11(2)3/h11-12,16H,4-10,14H2,1-3H3. The SMILES string of the molecule is CCC(CCN)CCC(=O)N(CCO)C(C)C. The maximum atomic E-state index is 12.0. The Morgan fingerprint density at radius 3 is 2.41 bits per heavy atom. The van der Waals surface area contributed by atoms with Crippen LogP contribution in [0.15, 0.2) is 0 Å². The number of nitrogens with two attached hydrogens (primary N) is 1. The first-order chi connectivity index (χ1) is 8.06. The number of carbonyl (C=O) groups is 1. The normalized spacial score (nSPS) is 12.8. The molecule has 3 N–H and O–H groups in total. The number of hydrogen-bond donors (Lipinski definition) is 2. The van der Waals surface area contributed by atoms with Crippen LogP contribution in [0.1, 0.15) is 46.5 Å². The fraction of sp³-hybridized carbons (Fsp3) is 0.923. The predicted molar refractivity (Wildman–Crippen MR) is 70.6 cm³/mol. The van der Waals surface area contributed by atoms with Crippen molar-refractivity contribution in [3.05, 3.63) is 0 Å². The van der Waals surface area contributed by atoms with E-state index < -0.39 is 0 Å². The topological polar surface area (TPSA) is 66.6 Å². The van der Waals surface area contributed by atoms with E-state index in [1.165, 1.54) is 0 Å². The minimum absolute atomic E-state index is 0.0317. The summed E-state index contributed by atoms with van der Waals surface area (Å²) in [6, 6.07) is 0.157. The van der Waals surface area contributed by atoms with Gasteiger partial charge in [0.1, 0.15) is 0 Å². The Kier molecular flexibility index (Phi) is 9.09. The van der Waals surface area contributed by atoms with Crippen LogP contribution in [0.2, 0.25) is 0 Å². The molecule has 4 heteroatoms. The van der Waals surface area contributed by atoms with Gasteiger partial charge >= 0.3 is 0 Å². The van der Waals surface area contributed by atoms with Gasteiger partial charge in [-0.2, -0.15) is 0 Å². The van der Waals surface area contributed by atoms with Gasteiger partial charge in [0.05, 0.1) is 6.61 Å². The van der Waals surface area contributed by atoms with Crippen molar-refractivity contribution in [1.29, 1.82) is 0 Å². The Balaban J connectivity index is 4.12. The Morgan fingerprint density at radius 2 is 2.00 bits per heavy atom. The van der Waals surface area contributed by atoms with Crippen LogP contribution in [0.4, 0.5) is 0 Å². The molecular weight excluding hydrogens is 216 g/mol. The molecule has 0 saturated heterocycles. The lowest BCUT2D eigenvalue weighted by molar-refractivity contribution is -0.133. The molecular formula is C13H28N2O2. The molecule has 0 saturated carbocycles. The quantitative estimate of drug-likeness (QED) is 0.644. The molecule has 0 heterocycles. The fourth-order valence-electron chi connectivity index (χ4n) is 2.04. The average Bonchev–Trinajstić information content (AvgIpc) is 2.30. The first kappa shape index (κ1) is 16.4. The molecule has 0 aliphatic heterocycles. The van der Waals surface area contributed by atoms with E-state index in [-0.39, 0.29) is 18.6 Å². The van der Waals surface area contributed by atoms with Crippen LogP contribution in [0.25, 0.3) is 0 Å². The monoisotopic (exact) mass is 244 g/mol. The van der Waals surface area contributed by atoms with Gasteiger partial charge in [-0.15, -0.1) is 0 Å². The first-order valence-electron chi connectivity index (χ1n) is 6.67. The number of carbonyl (C=O) groups excluding carboxylic acids is 1. The van der Waals surface area contributed by atoms with Crippen LogP contribution in [0, 0.1) is 5.92 Å². The zero-order valence-corrected chi connectivity index (χ0v) is 11.5. The molecule has 0 bridgehead atoms. The van der Waals surface area contributed by atoms with Gasteiger partial charge in [-0.25, -0.2) is 0 Å². The highest BCUT2D eigenvalue weighted by Crippen LogP contribution is 2.16. The summed E-state index contributed by atoms with van der Waals surface area (Å²) in [4.78, 5) is 13.7. The van der Waals surface area contributed by atoms with Gasteiger partial charge in [-0.1, -0.05) is 13.3 Å². The van der Waals surface area contributed by atoms with Crippen molar-refractivity contribution in [2.75, 3.05) is 19.7 Å². The third-order valence-electron chi connectivity index (χ3n) is 3.20. The first-order valence-corrected chi connectivity index (χ1v) is 6.67. The zero-order valence-electron chi connectivity index (χ0n) is 11.5. The van der Waals surface area contributed by atoms with Crippen LogP contribution < -0.4 is 5.73 Å². The van der Waals surface area contributed by atoms with Gasteiger partial charge in [0.25, 0.3) is 0 Å². The number of nitrogens with zero attached hydrogens (tertiary/aromatic N) is 1. The molecule has 0 fully saturated rings. The second-order valence-corrected chi connectivity index (χ2v) is 4.79. The van der Waals surface area contributed by atoms with Crippen molar-refractivity contribution in [2.45, 2.75) is 52.5 Å².